The quantitative estimate of drug-likeness (QED) is 0.0628. The van der Waals surface area contributed by atoms with Gasteiger partial charge in [-0.05, 0) is 29.8 Å². The van der Waals surface area contributed by atoms with Gasteiger partial charge in [0.2, 0.25) is 0 Å². The fraction of sp³-hybridized carbons (Fsp3) is 0.294. The van der Waals surface area contributed by atoms with Gasteiger partial charge in [0.25, 0.3) is 0 Å². The normalized spacial score (nSPS) is 14.0. The third kappa shape index (κ3) is 5.49. The molecule has 1 aromatic carbocycles. The zero-order chi connectivity index (χ0) is 19.6. The molecular formula is C17H21N5O4. The van der Waals surface area contributed by atoms with Gasteiger partial charge in [0, 0.05) is 12.8 Å². The first kappa shape index (κ1) is 21.0. The maximum absolute atomic E-state index is 12.5. The fourth-order valence-electron chi connectivity index (χ4n) is 1.98. The van der Waals surface area contributed by atoms with Crippen LogP contribution in [-0.2, 0) is 14.4 Å². The highest BCUT2D eigenvalue weighted by Gasteiger charge is 2.45. The Labute approximate surface area is 150 Å². The van der Waals surface area contributed by atoms with Crippen molar-refractivity contribution in [2.45, 2.75) is 24.4 Å². The van der Waals surface area contributed by atoms with E-state index in [1.54, 1.807) is 12.1 Å². The van der Waals surface area contributed by atoms with Gasteiger partial charge in [0.1, 0.15) is 12.0 Å². The van der Waals surface area contributed by atoms with E-state index < -0.39 is 23.3 Å². The van der Waals surface area contributed by atoms with Crippen LogP contribution in [0.4, 0.5) is 0 Å². The fourth-order valence-corrected chi connectivity index (χ4v) is 1.98. The Hall–Kier alpha value is -3.06. The Morgan fingerprint density at radius 3 is 2.46 bits per heavy atom. The highest BCUT2D eigenvalue weighted by molar-refractivity contribution is 6.11. The summed E-state index contributed by atoms with van der Waals surface area (Å²) in [5, 5.41) is 3.37. The van der Waals surface area contributed by atoms with Crippen molar-refractivity contribution in [3.8, 4) is 17.6 Å². The molecule has 0 spiro atoms. The van der Waals surface area contributed by atoms with E-state index in [2.05, 4.69) is 16.9 Å². The lowest BCUT2D eigenvalue weighted by molar-refractivity contribution is -0.146. The molecule has 0 aliphatic heterocycles. The first-order valence-electron chi connectivity index (χ1n) is 7.62. The molecule has 138 valence electrons. The molecular weight excluding hydrogens is 338 g/mol. The number of esters is 1. The van der Waals surface area contributed by atoms with Gasteiger partial charge in [-0.15, -0.1) is 0 Å². The number of aldehydes is 1. The van der Waals surface area contributed by atoms with Gasteiger partial charge in [-0.25, -0.2) is 4.79 Å². The molecule has 0 saturated carbocycles. The molecule has 26 heavy (non-hydrogen) atoms. The summed E-state index contributed by atoms with van der Waals surface area (Å²) in [6, 6.07) is 4.93. The number of benzene rings is 1. The van der Waals surface area contributed by atoms with Crippen LogP contribution in [0.25, 0.3) is 0 Å². The molecule has 0 bridgehead atoms. The summed E-state index contributed by atoms with van der Waals surface area (Å²) >= 11 is 0. The van der Waals surface area contributed by atoms with Gasteiger partial charge < -0.3 is 32.6 Å². The summed E-state index contributed by atoms with van der Waals surface area (Å²) in [7, 11) is 0. The molecule has 2 atom stereocenters. The van der Waals surface area contributed by atoms with Crippen molar-refractivity contribution in [3.63, 3.8) is 0 Å². The van der Waals surface area contributed by atoms with E-state index in [0.717, 1.165) is 0 Å². The number of nitrogens with zero attached hydrogens (tertiary/aromatic N) is 1. The average Bonchev–Trinajstić information content (AvgIpc) is 2.63. The van der Waals surface area contributed by atoms with Crippen LogP contribution in [0.3, 0.4) is 0 Å². The van der Waals surface area contributed by atoms with Gasteiger partial charge in [-0.3, -0.25) is 4.79 Å². The number of hydrogen-bond donors (Lipinski definition) is 4. The minimum absolute atomic E-state index is 0.0316. The number of hydrogen-bond acceptors (Lipinski definition) is 9. The highest BCUT2D eigenvalue weighted by atomic mass is 16.5. The van der Waals surface area contributed by atoms with Crippen molar-refractivity contribution in [1.82, 2.24) is 0 Å². The van der Waals surface area contributed by atoms with Crippen LogP contribution in [0.15, 0.2) is 29.4 Å². The predicted octanol–water partition coefficient (Wildman–Crippen LogP) is -1.58. The summed E-state index contributed by atoms with van der Waals surface area (Å²) in [5.74, 6) is 8.41. The van der Waals surface area contributed by atoms with Crippen molar-refractivity contribution in [2.24, 2.45) is 28.1 Å². The molecule has 0 fully saturated rings. The predicted molar refractivity (Wildman–Crippen MR) is 95.9 cm³/mol. The number of ketones is 1. The minimum atomic E-state index is -2.12. The summed E-state index contributed by atoms with van der Waals surface area (Å²) in [5.41, 5.74) is 15.5. The largest absolute Gasteiger partial charge is 0.425 e. The lowest BCUT2D eigenvalue weighted by atomic mass is 9.86. The van der Waals surface area contributed by atoms with Crippen LogP contribution in [0.2, 0.25) is 0 Å². The molecule has 0 aliphatic rings. The van der Waals surface area contributed by atoms with Crippen LogP contribution < -0.4 is 27.8 Å². The first-order chi connectivity index (χ1) is 12.4. The summed E-state index contributed by atoms with van der Waals surface area (Å²) < 4.78 is 5.19. The van der Waals surface area contributed by atoms with Gasteiger partial charge >= 0.3 is 5.97 Å². The number of nitrogens with two attached hydrogens (primary N) is 4. The second kappa shape index (κ2) is 10.0. The molecule has 9 heteroatoms. The number of carbonyl (C=O) groups excluding carboxylic acids is 3. The SMILES string of the molecule is NCC#CCC(N)(C(=O)Oc1ccc(C=NN)cc1)C(=O)C(N)CC=O. The number of hydrazone groups is 1. The van der Waals surface area contributed by atoms with Crippen LogP contribution in [0, 0.1) is 11.8 Å². The first-order valence-corrected chi connectivity index (χ1v) is 7.62. The van der Waals surface area contributed by atoms with E-state index in [0.29, 0.717) is 11.8 Å². The molecule has 1 aromatic rings. The van der Waals surface area contributed by atoms with Crippen LogP contribution in [0.5, 0.6) is 5.75 Å². The van der Waals surface area contributed by atoms with Gasteiger partial charge in [0.05, 0.1) is 18.8 Å². The average molecular weight is 359 g/mol. The third-order valence-corrected chi connectivity index (χ3v) is 3.40. The molecule has 9 nitrogen and oxygen atoms in total. The van der Waals surface area contributed by atoms with Crippen molar-refractivity contribution < 1.29 is 19.1 Å². The molecule has 0 saturated heterocycles. The Bertz CT molecular complexity index is 736. The zero-order valence-corrected chi connectivity index (χ0v) is 14.1. The number of ether oxygens (including phenoxy) is 1. The van der Waals surface area contributed by atoms with Crippen LogP contribution in [0.1, 0.15) is 18.4 Å². The zero-order valence-electron chi connectivity index (χ0n) is 14.1. The second-order valence-corrected chi connectivity index (χ2v) is 5.32. The van der Waals surface area contributed by atoms with Gasteiger partial charge in [-0.1, -0.05) is 11.8 Å². The molecule has 0 aromatic heterocycles. The lowest BCUT2D eigenvalue weighted by Gasteiger charge is -2.26. The van der Waals surface area contributed by atoms with E-state index in [4.69, 9.17) is 27.8 Å². The Morgan fingerprint density at radius 1 is 1.27 bits per heavy atom. The van der Waals surface area contributed by atoms with E-state index in [9.17, 15) is 14.4 Å². The van der Waals surface area contributed by atoms with Crippen molar-refractivity contribution in [2.75, 3.05) is 6.54 Å². The van der Waals surface area contributed by atoms with E-state index >= 15 is 0 Å². The summed E-state index contributed by atoms with van der Waals surface area (Å²) in [6.45, 7) is 0.0316. The van der Waals surface area contributed by atoms with E-state index in [1.165, 1.54) is 18.3 Å². The molecule has 0 amide bonds. The van der Waals surface area contributed by atoms with Crippen molar-refractivity contribution in [3.05, 3.63) is 29.8 Å². The Morgan fingerprint density at radius 2 is 1.92 bits per heavy atom. The topological polar surface area (TPSA) is 177 Å². The molecule has 0 aliphatic carbocycles. The molecule has 0 radical (unpaired) electrons. The number of carbonyl (C=O) groups is 3. The molecule has 2 unspecified atom stereocenters. The Kier molecular flexibility index (Phi) is 8.11. The smallest absolute Gasteiger partial charge is 0.340 e. The lowest BCUT2D eigenvalue weighted by Crippen LogP contribution is -2.61. The number of Topliss-reactive ketones (excluding diaryl/α,β-unsaturated/α-hetero) is 1. The summed E-state index contributed by atoms with van der Waals surface area (Å²) in [4.78, 5) is 35.6. The van der Waals surface area contributed by atoms with Crippen molar-refractivity contribution in [1.29, 1.82) is 0 Å². The molecule has 0 heterocycles. The molecule has 1 rings (SSSR count). The maximum atomic E-state index is 12.5. The van der Waals surface area contributed by atoms with Crippen molar-refractivity contribution >= 4 is 24.3 Å². The van der Waals surface area contributed by atoms with Crippen LogP contribution >= 0.6 is 0 Å². The summed E-state index contributed by atoms with van der Waals surface area (Å²) in [6.07, 6.45) is 1.26. The third-order valence-electron chi connectivity index (χ3n) is 3.40. The van der Waals surface area contributed by atoms with E-state index in [1.807, 2.05) is 0 Å². The highest BCUT2D eigenvalue weighted by Crippen LogP contribution is 2.18. The second-order valence-electron chi connectivity index (χ2n) is 5.32. The van der Waals surface area contributed by atoms with Gasteiger partial charge in [-0.2, -0.15) is 5.10 Å². The standard InChI is InChI=1S/C17H21N5O4/c18-9-2-1-8-17(20,15(24)14(19)7-10-23)16(25)26-13-5-3-12(4-6-13)11-22-21/h3-6,10-11,14H,7-9,18-21H2. The maximum Gasteiger partial charge on any atom is 0.340 e. The van der Waals surface area contributed by atoms with Gasteiger partial charge in [0.15, 0.2) is 11.3 Å². The Balaban J connectivity index is 3.06. The monoisotopic (exact) mass is 359 g/mol. The minimum Gasteiger partial charge on any atom is -0.425 e. The molecule has 8 N–H and O–H groups in total. The van der Waals surface area contributed by atoms with E-state index in [-0.39, 0.29) is 25.1 Å². The number of rotatable bonds is 8. The van der Waals surface area contributed by atoms with Crippen LogP contribution in [-0.4, -0.2) is 42.4 Å².